The molecule has 6 nitrogen and oxygen atoms in total. The van der Waals surface area contributed by atoms with Crippen molar-refractivity contribution in [2.75, 3.05) is 17.3 Å². The van der Waals surface area contributed by atoms with Gasteiger partial charge in [0.25, 0.3) is 0 Å². The van der Waals surface area contributed by atoms with E-state index in [1.165, 1.54) is 0 Å². The fourth-order valence-electron chi connectivity index (χ4n) is 1.43. The molecule has 0 aliphatic carbocycles. The summed E-state index contributed by atoms with van der Waals surface area (Å²) in [6.45, 7) is 4.16. The third-order valence-electron chi connectivity index (χ3n) is 2.26. The lowest BCUT2D eigenvalue weighted by Gasteiger charge is -2.16. The Labute approximate surface area is 86.9 Å². The van der Waals surface area contributed by atoms with Crippen LogP contribution in [-0.4, -0.2) is 26.4 Å². The van der Waals surface area contributed by atoms with E-state index in [0.29, 0.717) is 23.6 Å². The Kier molecular flexibility index (Phi) is 2.20. The normalized spacial score (nSPS) is 10.9. The molecule has 80 valence electrons. The first kappa shape index (κ1) is 9.72. The summed E-state index contributed by atoms with van der Waals surface area (Å²) in [5.74, 6) is 0. The number of nitrogen functional groups attached to an aromatic ring is 1. The molecule has 2 rings (SSSR count). The van der Waals surface area contributed by atoms with Gasteiger partial charge >= 0.3 is 0 Å². The molecule has 0 atom stereocenters. The average molecular weight is 207 g/mol. The minimum Gasteiger partial charge on any atom is -0.394 e. The predicted molar refractivity (Wildman–Crippen MR) is 56.9 cm³/mol. The molecule has 2 aromatic heterocycles. The third kappa shape index (κ3) is 1.48. The summed E-state index contributed by atoms with van der Waals surface area (Å²) in [7, 11) is 0. The molecule has 15 heavy (non-hydrogen) atoms. The molecule has 3 N–H and O–H groups in total. The lowest BCUT2D eigenvalue weighted by molar-refractivity contribution is 0.258. The van der Waals surface area contributed by atoms with E-state index in [-0.39, 0.29) is 0 Å². The molecule has 2 heterocycles. The van der Waals surface area contributed by atoms with Crippen molar-refractivity contribution >= 4 is 17.0 Å². The van der Waals surface area contributed by atoms with E-state index < -0.39 is 0 Å². The molecule has 0 bridgehead atoms. The molecular weight excluding hydrogens is 194 g/mol. The van der Waals surface area contributed by atoms with E-state index in [0.717, 1.165) is 10.8 Å². The smallest absolute Gasteiger partial charge is 0.178 e. The van der Waals surface area contributed by atoms with Crippen LogP contribution in [0.1, 0.15) is 12.6 Å². The maximum absolute atomic E-state index is 9.60. The van der Waals surface area contributed by atoms with Crippen LogP contribution in [0.15, 0.2) is 12.4 Å². The summed E-state index contributed by atoms with van der Waals surface area (Å²) in [4.78, 5) is 4.28. The van der Waals surface area contributed by atoms with Gasteiger partial charge in [0.2, 0.25) is 0 Å². The van der Waals surface area contributed by atoms with Crippen LogP contribution >= 0.6 is 0 Å². The van der Waals surface area contributed by atoms with Crippen molar-refractivity contribution < 1.29 is 5.21 Å². The number of hydrogen-bond acceptors (Lipinski definition) is 5. The maximum Gasteiger partial charge on any atom is 0.178 e. The van der Waals surface area contributed by atoms with Crippen molar-refractivity contribution in [2.45, 2.75) is 13.8 Å². The van der Waals surface area contributed by atoms with Crippen LogP contribution in [0.2, 0.25) is 0 Å². The standard InChI is InChI=1S/C9H13N5O/c1-3-14(15)8-5-13-9(12-6(8)2)7(10)4-11-13/h4-5,15H,3,10H2,1-2H3. The van der Waals surface area contributed by atoms with Gasteiger partial charge in [-0.3, -0.25) is 10.3 Å². The highest BCUT2D eigenvalue weighted by molar-refractivity contribution is 5.65. The zero-order chi connectivity index (χ0) is 11.0. The highest BCUT2D eigenvalue weighted by Crippen LogP contribution is 2.19. The number of aryl methyl sites for hydroxylation is 1. The number of aromatic nitrogens is 3. The average Bonchev–Trinajstić information content (AvgIpc) is 2.58. The molecular formula is C9H13N5O. The Balaban J connectivity index is 2.63. The topological polar surface area (TPSA) is 79.7 Å². The van der Waals surface area contributed by atoms with Crippen LogP contribution in [0.25, 0.3) is 5.65 Å². The zero-order valence-electron chi connectivity index (χ0n) is 8.68. The van der Waals surface area contributed by atoms with Crippen molar-refractivity contribution in [3.05, 3.63) is 18.1 Å². The molecule has 0 saturated heterocycles. The van der Waals surface area contributed by atoms with Gasteiger partial charge in [-0.2, -0.15) is 5.10 Å². The Morgan fingerprint density at radius 2 is 2.33 bits per heavy atom. The van der Waals surface area contributed by atoms with Crippen LogP contribution in [-0.2, 0) is 0 Å². The van der Waals surface area contributed by atoms with Gasteiger partial charge in [0.1, 0.15) is 5.69 Å². The number of hydroxylamine groups is 1. The predicted octanol–water partition coefficient (Wildman–Crippen LogP) is 0.835. The van der Waals surface area contributed by atoms with Gasteiger partial charge in [-0.15, -0.1) is 0 Å². The second-order valence-electron chi connectivity index (χ2n) is 3.30. The second-order valence-corrected chi connectivity index (χ2v) is 3.30. The molecule has 0 amide bonds. The number of fused-ring (bicyclic) bond motifs is 1. The summed E-state index contributed by atoms with van der Waals surface area (Å²) in [5, 5.41) is 14.8. The Morgan fingerprint density at radius 1 is 1.60 bits per heavy atom. The maximum atomic E-state index is 9.60. The first-order valence-electron chi connectivity index (χ1n) is 4.70. The number of nitrogens with two attached hydrogens (primary N) is 1. The number of rotatable bonds is 2. The van der Waals surface area contributed by atoms with Crippen LogP contribution < -0.4 is 10.8 Å². The number of hydrogen-bond donors (Lipinski definition) is 2. The Hall–Kier alpha value is -1.82. The van der Waals surface area contributed by atoms with Gasteiger partial charge in [-0.25, -0.2) is 9.50 Å². The number of nitrogens with zero attached hydrogens (tertiary/aromatic N) is 4. The monoisotopic (exact) mass is 207 g/mol. The zero-order valence-corrected chi connectivity index (χ0v) is 8.68. The van der Waals surface area contributed by atoms with Crippen molar-refractivity contribution in [2.24, 2.45) is 0 Å². The molecule has 6 heteroatoms. The summed E-state index contributed by atoms with van der Waals surface area (Å²) >= 11 is 0. The minimum absolute atomic E-state index is 0.491. The van der Waals surface area contributed by atoms with Gasteiger partial charge in [0, 0.05) is 6.54 Å². The summed E-state index contributed by atoms with van der Waals surface area (Å²) in [6, 6.07) is 0. The quantitative estimate of drug-likeness (QED) is 0.713. The second kappa shape index (κ2) is 3.39. The third-order valence-corrected chi connectivity index (χ3v) is 2.26. The Bertz CT molecular complexity index is 492. The van der Waals surface area contributed by atoms with Crippen LogP contribution in [0.5, 0.6) is 0 Å². The van der Waals surface area contributed by atoms with Gasteiger partial charge in [0.15, 0.2) is 5.65 Å². The van der Waals surface area contributed by atoms with Gasteiger partial charge in [0.05, 0.1) is 23.8 Å². The molecule has 0 saturated carbocycles. The van der Waals surface area contributed by atoms with Crippen molar-refractivity contribution in [3.8, 4) is 0 Å². The first-order valence-corrected chi connectivity index (χ1v) is 4.70. The fourth-order valence-corrected chi connectivity index (χ4v) is 1.43. The van der Waals surface area contributed by atoms with Crippen molar-refractivity contribution in [1.82, 2.24) is 14.6 Å². The summed E-state index contributed by atoms with van der Waals surface area (Å²) in [5.41, 5.74) is 8.18. The van der Waals surface area contributed by atoms with Gasteiger partial charge in [-0.1, -0.05) is 0 Å². The van der Waals surface area contributed by atoms with Crippen LogP contribution in [0, 0.1) is 6.92 Å². The van der Waals surface area contributed by atoms with E-state index in [9.17, 15) is 5.21 Å². The summed E-state index contributed by atoms with van der Waals surface area (Å²) < 4.78 is 1.55. The van der Waals surface area contributed by atoms with E-state index in [4.69, 9.17) is 5.73 Å². The SMILES string of the molecule is CCN(O)c1cn2ncc(N)c2nc1C. The van der Waals surface area contributed by atoms with E-state index in [1.54, 1.807) is 16.9 Å². The molecule has 0 aliphatic heterocycles. The van der Waals surface area contributed by atoms with Crippen LogP contribution in [0.4, 0.5) is 11.4 Å². The molecule has 0 aliphatic rings. The van der Waals surface area contributed by atoms with Gasteiger partial charge in [-0.05, 0) is 13.8 Å². The lowest BCUT2D eigenvalue weighted by atomic mass is 10.3. The first-order chi connectivity index (χ1) is 7.13. The molecule has 0 fully saturated rings. The van der Waals surface area contributed by atoms with Gasteiger partial charge < -0.3 is 5.73 Å². The lowest BCUT2D eigenvalue weighted by Crippen LogP contribution is -2.19. The molecule has 0 aromatic carbocycles. The van der Waals surface area contributed by atoms with Crippen molar-refractivity contribution in [1.29, 1.82) is 0 Å². The minimum atomic E-state index is 0.491. The van der Waals surface area contributed by atoms with Crippen molar-refractivity contribution in [3.63, 3.8) is 0 Å². The molecule has 0 radical (unpaired) electrons. The number of anilines is 2. The van der Waals surface area contributed by atoms with E-state index in [1.807, 2.05) is 13.8 Å². The largest absolute Gasteiger partial charge is 0.394 e. The highest BCUT2D eigenvalue weighted by atomic mass is 16.5. The molecule has 0 spiro atoms. The van der Waals surface area contributed by atoms with E-state index in [2.05, 4.69) is 10.1 Å². The molecule has 2 aromatic rings. The molecule has 0 unspecified atom stereocenters. The van der Waals surface area contributed by atoms with E-state index >= 15 is 0 Å². The van der Waals surface area contributed by atoms with Crippen LogP contribution in [0.3, 0.4) is 0 Å². The Morgan fingerprint density at radius 3 is 3.00 bits per heavy atom. The fraction of sp³-hybridized carbons (Fsp3) is 0.333. The summed E-state index contributed by atoms with van der Waals surface area (Å²) in [6.07, 6.45) is 3.25. The highest BCUT2D eigenvalue weighted by Gasteiger charge is 2.10.